The molecule has 1 heterocycles. The Morgan fingerprint density at radius 1 is 1.19 bits per heavy atom. The van der Waals surface area contributed by atoms with Crippen LogP contribution in [0.5, 0.6) is 0 Å². The number of thiophene rings is 1. The summed E-state index contributed by atoms with van der Waals surface area (Å²) in [4.78, 5) is 37.6. The molecule has 1 aliphatic rings. The minimum atomic E-state index is -0.553. The number of hydrogen-bond acceptors (Lipinski definition) is 5. The van der Waals surface area contributed by atoms with Gasteiger partial charge in [-0.1, -0.05) is 11.6 Å². The topological polar surface area (TPSA) is 84.5 Å². The van der Waals surface area contributed by atoms with Crippen LogP contribution in [0.25, 0.3) is 0 Å². The summed E-state index contributed by atoms with van der Waals surface area (Å²) in [7, 11) is 0. The molecular weight excluding hydrogens is 388 g/mol. The number of anilines is 2. The Hall–Kier alpha value is -2.38. The van der Waals surface area contributed by atoms with Crippen molar-refractivity contribution in [1.82, 2.24) is 0 Å². The van der Waals surface area contributed by atoms with E-state index < -0.39 is 5.97 Å². The van der Waals surface area contributed by atoms with Gasteiger partial charge in [-0.3, -0.25) is 9.59 Å². The van der Waals surface area contributed by atoms with Crippen molar-refractivity contribution in [2.24, 2.45) is 5.92 Å². The molecule has 1 fully saturated rings. The molecule has 0 saturated heterocycles. The number of carbonyl (C=O) groups is 3. The van der Waals surface area contributed by atoms with E-state index in [1.165, 1.54) is 0 Å². The zero-order valence-electron chi connectivity index (χ0n) is 14.9. The molecule has 0 spiro atoms. The zero-order chi connectivity index (χ0) is 19.6. The Balaban J connectivity index is 1.89. The molecule has 0 atom stereocenters. The van der Waals surface area contributed by atoms with Gasteiger partial charge < -0.3 is 15.4 Å². The van der Waals surface area contributed by atoms with Crippen molar-refractivity contribution in [2.75, 3.05) is 17.2 Å². The van der Waals surface area contributed by atoms with Gasteiger partial charge in [0.2, 0.25) is 5.91 Å². The molecule has 0 unspecified atom stereocenters. The number of carbonyl (C=O) groups excluding carboxylic acids is 3. The fourth-order valence-corrected chi connectivity index (χ4v) is 3.77. The summed E-state index contributed by atoms with van der Waals surface area (Å²) in [5, 5.41) is 6.47. The summed E-state index contributed by atoms with van der Waals surface area (Å²) in [5.74, 6) is -1.07. The first-order valence-electron chi connectivity index (χ1n) is 8.59. The van der Waals surface area contributed by atoms with E-state index in [2.05, 4.69) is 10.6 Å². The van der Waals surface area contributed by atoms with Gasteiger partial charge in [-0.15, -0.1) is 11.3 Å². The van der Waals surface area contributed by atoms with E-state index in [1.807, 2.05) is 0 Å². The highest BCUT2D eigenvalue weighted by atomic mass is 35.5. The summed E-state index contributed by atoms with van der Waals surface area (Å²) in [5.41, 5.74) is 1.30. The first kappa shape index (κ1) is 19.4. The molecule has 2 N–H and O–H groups in total. The first-order chi connectivity index (χ1) is 12.9. The molecule has 1 aliphatic carbocycles. The Morgan fingerprint density at radius 2 is 1.85 bits per heavy atom. The minimum Gasteiger partial charge on any atom is -0.462 e. The van der Waals surface area contributed by atoms with Crippen LogP contribution in [0, 0.1) is 12.8 Å². The summed E-state index contributed by atoms with van der Waals surface area (Å²) < 4.78 is 5.10. The third-order valence-corrected chi connectivity index (χ3v) is 5.58. The van der Waals surface area contributed by atoms with Gasteiger partial charge in [0.05, 0.1) is 17.0 Å². The molecule has 6 nitrogen and oxygen atoms in total. The summed E-state index contributed by atoms with van der Waals surface area (Å²) in [6, 6.07) is 6.71. The van der Waals surface area contributed by atoms with E-state index >= 15 is 0 Å². The molecule has 3 rings (SSSR count). The van der Waals surface area contributed by atoms with E-state index in [9.17, 15) is 14.4 Å². The van der Waals surface area contributed by atoms with Crippen LogP contribution in [0.4, 0.5) is 10.7 Å². The molecule has 1 aromatic carbocycles. The minimum absolute atomic E-state index is 0.0196. The van der Waals surface area contributed by atoms with Crippen molar-refractivity contribution < 1.29 is 19.1 Å². The second kappa shape index (κ2) is 8.10. The predicted octanol–water partition coefficient (Wildman–Crippen LogP) is 4.49. The van der Waals surface area contributed by atoms with Crippen LogP contribution < -0.4 is 10.6 Å². The fraction of sp³-hybridized carbons (Fsp3) is 0.316. The fourth-order valence-electron chi connectivity index (χ4n) is 2.55. The number of amides is 2. The molecule has 1 saturated carbocycles. The van der Waals surface area contributed by atoms with Crippen LogP contribution >= 0.6 is 22.9 Å². The van der Waals surface area contributed by atoms with Crippen molar-refractivity contribution in [3.05, 3.63) is 45.3 Å². The van der Waals surface area contributed by atoms with Crippen molar-refractivity contribution in [3.63, 3.8) is 0 Å². The van der Waals surface area contributed by atoms with Gasteiger partial charge >= 0.3 is 5.97 Å². The van der Waals surface area contributed by atoms with Crippen LogP contribution in [0.15, 0.2) is 24.3 Å². The lowest BCUT2D eigenvalue weighted by molar-refractivity contribution is -0.117. The van der Waals surface area contributed by atoms with Crippen LogP contribution in [0.1, 0.15) is 45.4 Å². The molecule has 27 heavy (non-hydrogen) atoms. The van der Waals surface area contributed by atoms with Gasteiger partial charge in [-0.2, -0.15) is 0 Å². The van der Waals surface area contributed by atoms with Gasteiger partial charge in [0.15, 0.2) is 0 Å². The predicted molar refractivity (Wildman–Crippen MR) is 106 cm³/mol. The normalized spacial score (nSPS) is 13.1. The Morgan fingerprint density at radius 3 is 2.44 bits per heavy atom. The van der Waals surface area contributed by atoms with Crippen molar-refractivity contribution in [3.8, 4) is 0 Å². The molecule has 142 valence electrons. The number of nitrogens with one attached hydrogen (secondary N) is 2. The molecule has 1 aromatic heterocycles. The molecule has 0 aliphatic heterocycles. The SMILES string of the molecule is CCOC(=O)c1c(NC(=O)C2CC2)sc(C(=O)Nc2ccc(Cl)cc2)c1C. The maximum Gasteiger partial charge on any atom is 0.341 e. The second-order valence-electron chi connectivity index (χ2n) is 6.21. The smallest absolute Gasteiger partial charge is 0.341 e. The van der Waals surface area contributed by atoms with Gasteiger partial charge in [0, 0.05) is 16.6 Å². The van der Waals surface area contributed by atoms with E-state index in [-0.39, 0.29) is 29.9 Å². The third kappa shape index (κ3) is 4.48. The maximum atomic E-state index is 12.7. The molecule has 2 aromatic rings. The Bertz CT molecular complexity index is 888. The quantitative estimate of drug-likeness (QED) is 0.692. The van der Waals surface area contributed by atoms with E-state index in [0.29, 0.717) is 26.2 Å². The standard InChI is InChI=1S/C19H19ClN2O4S/c1-3-26-19(25)14-10(2)15(27-18(14)22-16(23)11-4-5-11)17(24)21-13-8-6-12(20)7-9-13/h6-9,11H,3-5H2,1-2H3,(H,21,24)(H,22,23). The Labute approximate surface area is 165 Å². The largest absolute Gasteiger partial charge is 0.462 e. The average Bonchev–Trinajstić information content (AvgIpc) is 3.42. The van der Waals surface area contributed by atoms with Crippen LogP contribution in [-0.4, -0.2) is 24.4 Å². The monoisotopic (exact) mass is 406 g/mol. The number of benzene rings is 1. The van der Waals surface area contributed by atoms with Crippen LogP contribution in [0.2, 0.25) is 5.02 Å². The summed E-state index contributed by atoms with van der Waals surface area (Å²) in [6.45, 7) is 3.58. The second-order valence-corrected chi connectivity index (χ2v) is 7.66. The number of halogens is 1. The number of hydrogen-bond donors (Lipinski definition) is 2. The molecule has 0 bridgehead atoms. The lowest BCUT2D eigenvalue weighted by atomic mass is 10.1. The highest BCUT2D eigenvalue weighted by Crippen LogP contribution is 2.37. The Kier molecular flexibility index (Phi) is 5.82. The van der Waals surface area contributed by atoms with Crippen molar-refractivity contribution in [1.29, 1.82) is 0 Å². The van der Waals surface area contributed by atoms with E-state index in [4.69, 9.17) is 16.3 Å². The van der Waals surface area contributed by atoms with Crippen LogP contribution in [0.3, 0.4) is 0 Å². The van der Waals surface area contributed by atoms with Crippen LogP contribution in [-0.2, 0) is 9.53 Å². The molecule has 8 heteroatoms. The van der Waals surface area contributed by atoms with E-state index in [1.54, 1.807) is 38.1 Å². The lowest BCUT2D eigenvalue weighted by Crippen LogP contribution is -2.16. The van der Waals surface area contributed by atoms with E-state index in [0.717, 1.165) is 24.2 Å². The number of rotatable bonds is 6. The van der Waals surface area contributed by atoms with Crippen molar-refractivity contribution in [2.45, 2.75) is 26.7 Å². The third-order valence-electron chi connectivity index (χ3n) is 4.12. The average molecular weight is 407 g/mol. The maximum absolute atomic E-state index is 12.7. The zero-order valence-corrected chi connectivity index (χ0v) is 16.5. The van der Waals surface area contributed by atoms with Gasteiger partial charge in [0.1, 0.15) is 5.00 Å². The summed E-state index contributed by atoms with van der Waals surface area (Å²) >= 11 is 6.93. The van der Waals surface area contributed by atoms with Gasteiger partial charge in [-0.25, -0.2) is 4.79 Å². The number of ether oxygens (including phenoxy) is 1. The highest BCUT2D eigenvalue weighted by Gasteiger charge is 2.32. The van der Waals surface area contributed by atoms with Gasteiger partial charge in [0.25, 0.3) is 5.91 Å². The first-order valence-corrected chi connectivity index (χ1v) is 9.78. The number of esters is 1. The molecule has 0 radical (unpaired) electrons. The lowest BCUT2D eigenvalue weighted by Gasteiger charge is -2.06. The molecule has 2 amide bonds. The van der Waals surface area contributed by atoms with Crippen molar-refractivity contribution >= 4 is 51.4 Å². The highest BCUT2D eigenvalue weighted by molar-refractivity contribution is 7.19. The molecular formula is C19H19ClN2O4S. The van der Waals surface area contributed by atoms with Gasteiger partial charge in [-0.05, 0) is 56.5 Å². The summed E-state index contributed by atoms with van der Waals surface area (Å²) in [6.07, 6.45) is 1.68.